The first-order valence-corrected chi connectivity index (χ1v) is 12.9. The molecule has 7 nitrogen and oxygen atoms in total. The fourth-order valence-corrected chi connectivity index (χ4v) is 6.49. The van der Waals surface area contributed by atoms with Gasteiger partial charge in [-0.05, 0) is 57.2 Å². The number of methoxy groups -OCH3 is 1. The number of halogens is 2. The van der Waals surface area contributed by atoms with E-state index in [0.29, 0.717) is 34.4 Å². The molecule has 0 radical (unpaired) electrons. The van der Waals surface area contributed by atoms with E-state index < -0.39 is 5.60 Å². The van der Waals surface area contributed by atoms with E-state index in [1.165, 1.54) is 6.33 Å². The van der Waals surface area contributed by atoms with Crippen molar-refractivity contribution < 1.29 is 14.3 Å². The van der Waals surface area contributed by atoms with Crippen LogP contribution in [0.5, 0.6) is 5.75 Å². The number of rotatable bonds is 3. The van der Waals surface area contributed by atoms with Crippen LogP contribution in [-0.2, 0) is 4.74 Å². The van der Waals surface area contributed by atoms with Crippen molar-refractivity contribution in [2.45, 2.75) is 45.8 Å². The van der Waals surface area contributed by atoms with E-state index >= 15 is 0 Å². The predicted molar refractivity (Wildman–Crippen MR) is 141 cm³/mol. The van der Waals surface area contributed by atoms with Crippen LogP contribution in [0.15, 0.2) is 24.5 Å². The van der Waals surface area contributed by atoms with Crippen molar-refractivity contribution in [3.8, 4) is 16.2 Å². The summed E-state index contributed by atoms with van der Waals surface area (Å²) in [6.45, 7) is 8.67. The lowest BCUT2D eigenvalue weighted by Crippen LogP contribution is -2.35. The molecule has 184 valence electrons. The first-order valence-electron chi connectivity index (χ1n) is 11.3. The van der Waals surface area contributed by atoms with Crippen molar-refractivity contribution in [2.24, 2.45) is 0 Å². The van der Waals surface area contributed by atoms with Crippen LogP contribution in [0.1, 0.15) is 38.8 Å². The summed E-state index contributed by atoms with van der Waals surface area (Å²) >= 11 is 15.3. The molecule has 1 unspecified atom stereocenters. The predicted octanol–water partition coefficient (Wildman–Crippen LogP) is 7.12. The minimum Gasteiger partial charge on any atom is -0.495 e. The molecule has 10 heteroatoms. The second-order valence-electron chi connectivity index (χ2n) is 9.76. The summed E-state index contributed by atoms with van der Waals surface area (Å²) in [5, 5.41) is 2.65. The Kier molecular flexibility index (Phi) is 6.10. The highest BCUT2D eigenvalue weighted by Crippen LogP contribution is 2.48. The van der Waals surface area contributed by atoms with Crippen molar-refractivity contribution in [1.82, 2.24) is 19.4 Å². The van der Waals surface area contributed by atoms with Gasteiger partial charge < -0.3 is 18.9 Å². The van der Waals surface area contributed by atoms with E-state index in [1.807, 2.05) is 38.3 Å². The SMILES string of the molecule is COc1cc(C)cc2cc(-c3c(Cl)n(C4CCN(C(=O)OC(C)(C)C)C4)c4ncnc(Cl)c34)sc12. The van der Waals surface area contributed by atoms with E-state index in [4.69, 9.17) is 32.7 Å². The maximum absolute atomic E-state index is 12.7. The van der Waals surface area contributed by atoms with E-state index in [-0.39, 0.29) is 12.1 Å². The molecule has 1 atom stereocenters. The molecule has 0 saturated carbocycles. The molecule has 1 saturated heterocycles. The Morgan fingerprint density at radius 2 is 1.97 bits per heavy atom. The molecular formula is C25H26Cl2N4O3S. The van der Waals surface area contributed by atoms with Crippen molar-refractivity contribution in [3.05, 3.63) is 40.4 Å². The van der Waals surface area contributed by atoms with Crippen molar-refractivity contribution in [2.75, 3.05) is 20.2 Å². The molecule has 0 bridgehead atoms. The number of ether oxygens (including phenoxy) is 2. The van der Waals surface area contributed by atoms with Crippen LogP contribution >= 0.6 is 34.5 Å². The largest absolute Gasteiger partial charge is 0.495 e. The third-order valence-electron chi connectivity index (χ3n) is 6.05. The summed E-state index contributed by atoms with van der Waals surface area (Å²) in [7, 11) is 1.67. The Morgan fingerprint density at radius 1 is 1.20 bits per heavy atom. The second-order valence-corrected chi connectivity index (χ2v) is 11.5. The summed E-state index contributed by atoms with van der Waals surface area (Å²) in [5.41, 5.74) is 2.01. The van der Waals surface area contributed by atoms with Crippen LogP contribution in [0, 0.1) is 6.92 Å². The Labute approximate surface area is 217 Å². The molecule has 35 heavy (non-hydrogen) atoms. The molecule has 1 amide bonds. The standard InChI is InChI=1S/C25H26Cl2N4O3S/c1-13-8-14-10-17(35-20(14)16(9-13)33-5)18-19-21(26)28-12-29-23(19)31(22(18)27)15-6-7-30(11-15)24(32)34-25(2,3)4/h8-10,12,15H,6-7,11H2,1-5H3. The highest BCUT2D eigenvalue weighted by atomic mass is 35.5. The number of aromatic nitrogens is 3. The number of carbonyl (C=O) groups is 1. The molecule has 4 heterocycles. The van der Waals surface area contributed by atoms with Gasteiger partial charge >= 0.3 is 6.09 Å². The molecule has 3 aromatic heterocycles. The average Bonchev–Trinajstić information content (AvgIpc) is 3.47. The van der Waals surface area contributed by atoms with Crippen molar-refractivity contribution >= 4 is 61.8 Å². The zero-order chi connectivity index (χ0) is 25.1. The summed E-state index contributed by atoms with van der Waals surface area (Å²) in [4.78, 5) is 24.1. The van der Waals surface area contributed by atoms with Gasteiger partial charge in [0.1, 0.15) is 33.6 Å². The van der Waals surface area contributed by atoms with Gasteiger partial charge in [-0.3, -0.25) is 0 Å². The summed E-state index contributed by atoms with van der Waals surface area (Å²) in [6.07, 6.45) is 1.84. The van der Waals surface area contributed by atoms with E-state index in [0.717, 1.165) is 38.3 Å². The van der Waals surface area contributed by atoms with E-state index in [2.05, 4.69) is 22.1 Å². The third-order valence-corrected chi connectivity index (χ3v) is 7.89. The van der Waals surface area contributed by atoms with Crippen LogP contribution in [0.4, 0.5) is 4.79 Å². The topological polar surface area (TPSA) is 69.5 Å². The van der Waals surface area contributed by atoms with Gasteiger partial charge in [0.15, 0.2) is 0 Å². The number of fused-ring (bicyclic) bond motifs is 2. The number of benzene rings is 1. The number of hydrogen-bond acceptors (Lipinski definition) is 6. The minimum atomic E-state index is -0.554. The second kappa shape index (κ2) is 8.84. The molecule has 0 spiro atoms. The van der Waals surface area contributed by atoms with Gasteiger partial charge in [-0.25, -0.2) is 14.8 Å². The lowest BCUT2D eigenvalue weighted by atomic mass is 10.1. The molecule has 4 aromatic rings. The van der Waals surface area contributed by atoms with Gasteiger partial charge in [0, 0.05) is 23.5 Å². The smallest absolute Gasteiger partial charge is 0.410 e. The fourth-order valence-electron chi connectivity index (χ4n) is 4.61. The Balaban J connectivity index is 1.61. The summed E-state index contributed by atoms with van der Waals surface area (Å²) < 4.78 is 14.2. The zero-order valence-electron chi connectivity index (χ0n) is 20.2. The maximum atomic E-state index is 12.7. The van der Waals surface area contributed by atoms with E-state index in [9.17, 15) is 4.79 Å². The Hall–Kier alpha value is -2.55. The van der Waals surface area contributed by atoms with Gasteiger partial charge in [-0.1, -0.05) is 29.3 Å². The highest BCUT2D eigenvalue weighted by molar-refractivity contribution is 7.22. The number of likely N-dealkylation sites (tertiary alicyclic amines) is 1. The fraction of sp³-hybridized carbons (Fsp3) is 0.400. The Morgan fingerprint density at radius 3 is 2.69 bits per heavy atom. The molecule has 1 aliphatic heterocycles. The molecule has 5 rings (SSSR count). The van der Waals surface area contributed by atoms with Gasteiger partial charge in [-0.2, -0.15) is 0 Å². The van der Waals surface area contributed by atoms with Crippen LogP contribution in [0.25, 0.3) is 31.6 Å². The van der Waals surface area contributed by atoms with Gasteiger partial charge in [0.2, 0.25) is 0 Å². The zero-order valence-corrected chi connectivity index (χ0v) is 22.5. The number of nitrogens with zero attached hydrogens (tertiary/aromatic N) is 4. The van der Waals surface area contributed by atoms with Crippen LogP contribution < -0.4 is 4.74 Å². The lowest BCUT2D eigenvalue weighted by Gasteiger charge is -2.24. The Bertz CT molecular complexity index is 1460. The molecule has 1 aromatic carbocycles. The number of hydrogen-bond donors (Lipinski definition) is 0. The van der Waals surface area contributed by atoms with Gasteiger partial charge in [0.25, 0.3) is 0 Å². The summed E-state index contributed by atoms with van der Waals surface area (Å²) in [6, 6.07) is 6.18. The molecule has 0 N–H and O–H groups in total. The van der Waals surface area contributed by atoms with Crippen LogP contribution in [0.2, 0.25) is 10.3 Å². The van der Waals surface area contributed by atoms with Gasteiger partial charge in [0.05, 0.1) is 23.2 Å². The quantitative estimate of drug-likeness (QED) is 0.262. The van der Waals surface area contributed by atoms with E-state index in [1.54, 1.807) is 23.3 Å². The number of thiophene rings is 1. The van der Waals surface area contributed by atoms with Gasteiger partial charge in [-0.15, -0.1) is 11.3 Å². The molecule has 1 fully saturated rings. The highest BCUT2D eigenvalue weighted by Gasteiger charge is 2.34. The lowest BCUT2D eigenvalue weighted by molar-refractivity contribution is 0.0289. The number of aryl methyl sites for hydroxylation is 1. The monoisotopic (exact) mass is 532 g/mol. The van der Waals surface area contributed by atoms with Crippen molar-refractivity contribution in [1.29, 1.82) is 0 Å². The van der Waals surface area contributed by atoms with Crippen LogP contribution in [-0.4, -0.2) is 51.3 Å². The first-order chi connectivity index (χ1) is 16.6. The van der Waals surface area contributed by atoms with Crippen LogP contribution in [0.3, 0.4) is 0 Å². The number of carbonyl (C=O) groups excluding carboxylic acids is 1. The molecule has 0 aliphatic carbocycles. The third kappa shape index (κ3) is 4.32. The summed E-state index contributed by atoms with van der Waals surface area (Å²) in [5.74, 6) is 0.822. The first kappa shape index (κ1) is 24.2. The normalized spacial score (nSPS) is 16.4. The van der Waals surface area contributed by atoms with Crippen molar-refractivity contribution in [3.63, 3.8) is 0 Å². The minimum absolute atomic E-state index is 0.0663. The number of amides is 1. The average molecular weight is 533 g/mol. The molecule has 1 aliphatic rings. The maximum Gasteiger partial charge on any atom is 0.410 e. The molecular weight excluding hydrogens is 507 g/mol.